The van der Waals surface area contributed by atoms with E-state index in [-0.39, 0.29) is 11.5 Å². The van der Waals surface area contributed by atoms with Crippen LogP contribution in [0.25, 0.3) is 0 Å². The zero-order chi connectivity index (χ0) is 13.8. The van der Waals surface area contributed by atoms with Gasteiger partial charge in [0.15, 0.2) is 0 Å². The molecule has 0 aromatic carbocycles. The van der Waals surface area contributed by atoms with Crippen LogP contribution in [-0.4, -0.2) is 30.8 Å². The minimum atomic E-state index is -0.433. The van der Waals surface area contributed by atoms with Crippen LogP contribution in [0.2, 0.25) is 0 Å². The van der Waals surface area contributed by atoms with Gasteiger partial charge in [0.1, 0.15) is 5.60 Å². The van der Waals surface area contributed by atoms with Crippen LogP contribution in [0.1, 0.15) is 53.9 Å². The minimum Gasteiger partial charge on any atom is -0.444 e. The molecule has 0 aromatic heterocycles. The Morgan fingerprint density at radius 1 is 1.28 bits per heavy atom. The predicted molar refractivity (Wildman–Crippen MR) is 73.7 cm³/mol. The second-order valence-electron chi connectivity index (χ2n) is 6.85. The van der Waals surface area contributed by atoms with E-state index in [2.05, 4.69) is 24.5 Å². The maximum atomic E-state index is 11.6. The lowest BCUT2D eigenvalue weighted by atomic mass is 9.80. The van der Waals surface area contributed by atoms with E-state index in [0.717, 1.165) is 6.54 Å². The van der Waals surface area contributed by atoms with Crippen LogP contribution < -0.4 is 10.6 Å². The Morgan fingerprint density at radius 2 is 1.94 bits per heavy atom. The summed E-state index contributed by atoms with van der Waals surface area (Å²) in [6.45, 7) is 11.7. The number of rotatable bonds is 3. The molecular weight excluding hydrogens is 228 g/mol. The number of alkyl carbamates (subject to hydrolysis) is 1. The fraction of sp³-hybridized carbons (Fsp3) is 0.929. The first-order valence-corrected chi connectivity index (χ1v) is 6.91. The van der Waals surface area contributed by atoms with Crippen molar-refractivity contribution in [3.63, 3.8) is 0 Å². The van der Waals surface area contributed by atoms with Crippen LogP contribution in [0.5, 0.6) is 0 Å². The summed E-state index contributed by atoms with van der Waals surface area (Å²) in [5.41, 5.74) is -0.380. The molecular formula is C14H28N2O2. The van der Waals surface area contributed by atoms with Gasteiger partial charge in [-0.05, 0) is 45.6 Å². The smallest absolute Gasteiger partial charge is 0.407 e. The fourth-order valence-corrected chi connectivity index (χ4v) is 2.26. The zero-order valence-corrected chi connectivity index (χ0v) is 12.4. The maximum absolute atomic E-state index is 11.6. The van der Waals surface area contributed by atoms with Crippen LogP contribution in [0.4, 0.5) is 4.79 Å². The highest BCUT2D eigenvalue weighted by atomic mass is 16.6. The number of carbonyl (C=O) groups excluding carboxylic acids is 1. The normalized spacial score (nSPS) is 21.5. The Labute approximate surface area is 111 Å². The topological polar surface area (TPSA) is 50.4 Å². The van der Waals surface area contributed by atoms with Crippen molar-refractivity contribution in [3.05, 3.63) is 0 Å². The van der Waals surface area contributed by atoms with Crippen molar-refractivity contribution in [3.8, 4) is 0 Å². The molecule has 18 heavy (non-hydrogen) atoms. The van der Waals surface area contributed by atoms with Crippen LogP contribution in [0.15, 0.2) is 0 Å². The molecule has 0 radical (unpaired) electrons. The van der Waals surface area contributed by atoms with E-state index < -0.39 is 5.60 Å². The predicted octanol–water partition coefficient (Wildman–Crippen LogP) is 2.68. The Bertz CT molecular complexity index is 276. The van der Waals surface area contributed by atoms with E-state index in [0.29, 0.717) is 12.6 Å². The van der Waals surface area contributed by atoms with Gasteiger partial charge >= 0.3 is 6.09 Å². The first-order chi connectivity index (χ1) is 8.21. The molecule has 4 heteroatoms. The molecule has 1 fully saturated rings. The average Bonchev–Trinajstić information content (AvgIpc) is 2.26. The van der Waals surface area contributed by atoms with Gasteiger partial charge in [-0.2, -0.15) is 0 Å². The highest BCUT2D eigenvalue weighted by molar-refractivity contribution is 5.67. The first kappa shape index (κ1) is 15.3. The lowest BCUT2D eigenvalue weighted by Crippen LogP contribution is -2.50. The molecule has 1 saturated heterocycles. The molecule has 1 aliphatic heterocycles. The van der Waals surface area contributed by atoms with Crippen LogP contribution in [-0.2, 0) is 4.74 Å². The third-order valence-electron chi connectivity index (χ3n) is 3.34. The summed E-state index contributed by atoms with van der Waals surface area (Å²) in [6, 6.07) is 0.473. The SMILES string of the molecule is CC(C)(C)OC(=O)NCC(C)(C)C1CCCCN1. The van der Waals surface area contributed by atoms with Crippen LogP contribution in [0.3, 0.4) is 0 Å². The Kier molecular flexibility index (Phi) is 5.02. The Morgan fingerprint density at radius 3 is 2.44 bits per heavy atom. The number of ether oxygens (including phenoxy) is 1. The maximum Gasteiger partial charge on any atom is 0.407 e. The van der Waals surface area contributed by atoms with Gasteiger partial charge in [-0.15, -0.1) is 0 Å². The van der Waals surface area contributed by atoms with Gasteiger partial charge < -0.3 is 15.4 Å². The van der Waals surface area contributed by atoms with Gasteiger partial charge in [0, 0.05) is 12.6 Å². The van der Waals surface area contributed by atoms with Crippen LogP contribution >= 0.6 is 0 Å². The van der Waals surface area contributed by atoms with E-state index >= 15 is 0 Å². The van der Waals surface area contributed by atoms with E-state index in [1.807, 2.05) is 20.8 Å². The summed E-state index contributed by atoms with van der Waals surface area (Å²) < 4.78 is 5.25. The molecule has 1 unspecified atom stereocenters. The molecule has 0 spiro atoms. The summed E-state index contributed by atoms with van der Waals surface area (Å²) >= 11 is 0. The van der Waals surface area contributed by atoms with Gasteiger partial charge in [-0.3, -0.25) is 0 Å². The largest absolute Gasteiger partial charge is 0.444 e. The second kappa shape index (κ2) is 5.91. The lowest BCUT2D eigenvalue weighted by molar-refractivity contribution is 0.0492. The monoisotopic (exact) mass is 256 g/mol. The summed E-state index contributed by atoms with van der Waals surface area (Å²) in [6.07, 6.45) is 3.38. The van der Waals surface area contributed by atoms with Crippen molar-refractivity contribution in [2.75, 3.05) is 13.1 Å². The zero-order valence-electron chi connectivity index (χ0n) is 12.4. The van der Waals surface area contributed by atoms with Crippen molar-refractivity contribution in [2.24, 2.45) is 5.41 Å². The quantitative estimate of drug-likeness (QED) is 0.816. The molecule has 1 aliphatic rings. The minimum absolute atomic E-state index is 0.0529. The number of piperidine rings is 1. The van der Waals surface area contributed by atoms with Gasteiger partial charge in [0.25, 0.3) is 0 Å². The Hall–Kier alpha value is -0.770. The van der Waals surface area contributed by atoms with Crippen molar-refractivity contribution in [1.82, 2.24) is 10.6 Å². The average molecular weight is 256 g/mol. The van der Waals surface area contributed by atoms with Gasteiger partial charge in [0.2, 0.25) is 0 Å². The number of amides is 1. The third kappa shape index (κ3) is 5.25. The summed E-state index contributed by atoms with van der Waals surface area (Å²) in [5.74, 6) is 0. The second-order valence-corrected chi connectivity index (χ2v) is 6.85. The molecule has 1 amide bonds. The van der Waals surface area contributed by atoms with E-state index in [9.17, 15) is 4.79 Å². The molecule has 4 nitrogen and oxygen atoms in total. The summed E-state index contributed by atoms with van der Waals surface area (Å²) in [5, 5.41) is 6.41. The highest BCUT2D eigenvalue weighted by Crippen LogP contribution is 2.26. The van der Waals surface area contributed by atoms with E-state index in [1.165, 1.54) is 19.3 Å². The van der Waals surface area contributed by atoms with E-state index in [4.69, 9.17) is 4.74 Å². The highest BCUT2D eigenvalue weighted by Gasteiger charge is 2.31. The van der Waals surface area contributed by atoms with Gasteiger partial charge in [-0.1, -0.05) is 20.3 Å². The molecule has 1 atom stereocenters. The lowest BCUT2D eigenvalue weighted by Gasteiger charge is -2.38. The van der Waals surface area contributed by atoms with Crippen molar-refractivity contribution >= 4 is 6.09 Å². The van der Waals surface area contributed by atoms with Crippen molar-refractivity contribution in [1.29, 1.82) is 0 Å². The Balaban J connectivity index is 2.38. The molecule has 0 bridgehead atoms. The first-order valence-electron chi connectivity index (χ1n) is 6.91. The van der Waals surface area contributed by atoms with Crippen LogP contribution in [0, 0.1) is 5.41 Å². The van der Waals surface area contributed by atoms with Gasteiger partial charge in [-0.25, -0.2) is 4.79 Å². The van der Waals surface area contributed by atoms with Crippen molar-refractivity contribution in [2.45, 2.75) is 65.5 Å². The molecule has 1 heterocycles. The number of hydrogen-bond acceptors (Lipinski definition) is 3. The molecule has 106 valence electrons. The summed E-state index contributed by atoms with van der Waals surface area (Å²) in [4.78, 5) is 11.6. The van der Waals surface area contributed by atoms with Gasteiger partial charge in [0.05, 0.1) is 0 Å². The number of hydrogen-bond donors (Lipinski definition) is 2. The standard InChI is InChI=1S/C14H28N2O2/c1-13(2,3)18-12(17)16-10-14(4,5)11-8-6-7-9-15-11/h11,15H,6-10H2,1-5H3,(H,16,17). The molecule has 1 rings (SSSR count). The summed E-state index contributed by atoms with van der Waals surface area (Å²) in [7, 11) is 0. The molecule has 0 aromatic rings. The fourth-order valence-electron chi connectivity index (χ4n) is 2.26. The number of nitrogens with one attached hydrogen (secondary N) is 2. The van der Waals surface area contributed by atoms with E-state index in [1.54, 1.807) is 0 Å². The molecule has 0 aliphatic carbocycles. The molecule has 0 saturated carbocycles. The van der Waals surface area contributed by atoms with Crippen molar-refractivity contribution < 1.29 is 9.53 Å². The third-order valence-corrected chi connectivity index (χ3v) is 3.34. The number of carbonyl (C=O) groups is 1. The molecule has 2 N–H and O–H groups in total.